The number of hydrogen-bond donors (Lipinski definition) is 3. The number of esters is 1. The number of Topliss-reactive ketones (excluding diaryl/α,β-unsaturated/α-hetero) is 1. The average molecular weight is 437 g/mol. The van der Waals surface area contributed by atoms with Gasteiger partial charge in [0.25, 0.3) is 0 Å². The number of nitrogens with two attached hydrogens (primary N) is 1. The van der Waals surface area contributed by atoms with E-state index in [1.54, 1.807) is 6.08 Å². The molecule has 1 unspecified atom stereocenters. The molecular weight excluding hydrogens is 400 g/mol. The second-order valence-electron chi connectivity index (χ2n) is 10.2. The predicted molar refractivity (Wildman–Crippen MR) is 119 cm³/mol. The van der Waals surface area contributed by atoms with E-state index in [1.165, 1.54) is 0 Å². The Labute approximate surface area is 183 Å². The van der Waals surface area contributed by atoms with E-state index in [1.807, 2.05) is 6.92 Å². The molecule has 3 aliphatic rings. The number of carbonyl (C=O) groups excluding carboxylic acids is 2. The Hall–Kier alpha value is -1.34. The standard InChI is InChI=1S/C23H36N2O4S/c1-6-21(4)11-16(29-17(27)12-30-20(24)25)22(5)13(2)7-9-23(14(3)19(21)28)10-8-15(26)18(22)23/h6,13-14,16,18-19,28H,1,7-12H2,2-5H3,(H3,24,25)/t13?,14-,16+,18-,19-,21+,22-,23-/m0/s1. The fraction of sp³-hybridized carbons (Fsp3) is 0.783. The Morgan fingerprint density at radius 3 is 2.67 bits per heavy atom. The van der Waals surface area contributed by atoms with Crippen molar-refractivity contribution in [2.45, 2.75) is 72.0 Å². The molecule has 0 saturated heterocycles. The number of carbonyl (C=O) groups is 2. The molecule has 3 aliphatic carbocycles. The predicted octanol–water partition coefficient (Wildman–Crippen LogP) is 3.52. The minimum absolute atomic E-state index is 0.0379. The van der Waals surface area contributed by atoms with E-state index >= 15 is 0 Å². The molecule has 2 bridgehead atoms. The highest BCUT2D eigenvalue weighted by atomic mass is 32.2. The molecule has 3 fully saturated rings. The molecule has 0 heterocycles. The van der Waals surface area contributed by atoms with Crippen LogP contribution in [0.4, 0.5) is 0 Å². The normalized spacial score (nSPS) is 45.8. The maximum absolute atomic E-state index is 13.3. The highest BCUT2D eigenvalue weighted by molar-refractivity contribution is 8.14. The van der Waals surface area contributed by atoms with Gasteiger partial charge in [0, 0.05) is 23.2 Å². The minimum atomic E-state index is -0.672. The van der Waals surface area contributed by atoms with Crippen LogP contribution < -0.4 is 5.73 Å². The van der Waals surface area contributed by atoms with Crippen molar-refractivity contribution in [3.05, 3.63) is 12.7 Å². The maximum Gasteiger partial charge on any atom is 0.316 e. The van der Waals surface area contributed by atoms with Crippen LogP contribution in [0.1, 0.15) is 59.8 Å². The van der Waals surface area contributed by atoms with Crippen LogP contribution in [0.5, 0.6) is 0 Å². The fourth-order valence-electron chi connectivity index (χ4n) is 6.83. The molecular formula is C23H36N2O4S. The van der Waals surface area contributed by atoms with E-state index in [4.69, 9.17) is 15.9 Å². The van der Waals surface area contributed by atoms with Crippen molar-refractivity contribution in [2.75, 3.05) is 5.75 Å². The topological polar surface area (TPSA) is 113 Å². The van der Waals surface area contributed by atoms with Crippen molar-refractivity contribution in [1.82, 2.24) is 0 Å². The Kier molecular flexibility index (Phi) is 6.20. The van der Waals surface area contributed by atoms with Gasteiger partial charge in [-0.1, -0.05) is 45.5 Å². The quantitative estimate of drug-likeness (QED) is 0.269. The van der Waals surface area contributed by atoms with Crippen LogP contribution in [-0.2, 0) is 14.3 Å². The first-order chi connectivity index (χ1) is 13.9. The molecule has 0 aromatic carbocycles. The van der Waals surface area contributed by atoms with Crippen LogP contribution in [0.25, 0.3) is 0 Å². The molecule has 7 heteroatoms. The van der Waals surface area contributed by atoms with Crippen molar-refractivity contribution in [1.29, 1.82) is 5.41 Å². The number of amidine groups is 1. The molecule has 0 aromatic rings. The first-order valence-electron chi connectivity index (χ1n) is 10.9. The van der Waals surface area contributed by atoms with Crippen molar-refractivity contribution in [3.8, 4) is 0 Å². The van der Waals surface area contributed by atoms with Gasteiger partial charge < -0.3 is 15.6 Å². The van der Waals surface area contributed by atoms with E-state index in [9.17, 15) is 14.7 Å². The highest BCUT2D eigenvalue weighted by Crippen LogP contribution is 2.67. The van der Waals surface area contributed by atoms with Gasteiger partial charge in [0.05, 0.1) is 11.9 Å². The Bertz CT molecular complexity index is 757. The molecule has 30 heavy (non-hydrogen) atoms. The molecule has 0 radical (unpaired) electrons. The van der Waals surface area contributed by atoms with Crippen molar-refractivity contribution in [3.63, 3.8) is 0 Å². The van der Waals surface area contributed by atoms with Gasteiger partial charge in [-0.05, 0) is 42.9 Å². The molecule has 8 atom stereocenters. The third-order valence-electron chi connectivity index (χ3n) is 8.92. The first-order valence-corrected chi connectivity index (χ1v) is 11.9. The van der Waals surface area contributed by atoms with Crippen LogP contribution in [0.3, 0.4) is 0 Å². The minimum Gasteiger partial charge on any atom is -0.461 e. The number of ketones is 1. The number of rotatable bonds is 4. The van der Waals surface area contributed by atoms with Gasteiger partial charge in [-0.2, -0.15) is 0 Å². The van der Waals surface area contributed by atoms with Gasteiger partial charge in [-0.15, -0.1) is 6.58 Å². The van der Waals surface area contributed by atoms with Gasteiger partial charge in [-0.3, -0.25) is 15.0 Å². The first kappa shape index (κ1) is 23.3. The maximum atomic E-state index is 13.3. The SMILES string of the molecule is C=C[C@]1(C)C[C@@H](OC(=O)CSC(=N)N)[C@]2(C)C(C)CC[C@]3(CCC(=O)[C@H]32)[C@@H](C)[C@@H]1O. The van der Waals surface area contributed by atoms with E-state index in [2.05, 4.69) is 27.4 Å². The number of aliphatic hydroxyl groups is 1. The van der Waals surface area contributed by atoms with Gasteiger partial charge in [0.15, 0.2) is 5.17 Å². The number of nitrogens with one attached hydrogen (secondary N) is 1. The molecule has 4 N–H and O–H groups in total. The zero-order chi connectivity index (χ0) is 22.5. The monoisotopic (exact) mass is 436 g/mol. The lowest BCUT2D eigenvalue weighted by Gasteiger charge is -2.61. The lowest BCUT2D eigenvalue weighted by molar-refractivity contribution is -0.205. The number of ether oxygens (including phenoxy) is 1. The van der Waals surface area contributed by atoms with Crippen LogP contribution in [0, 0.1) is 39.4 Å². The summed E-state index contributed by atoms with van der Waals surface area (Å²) in [6.45, 7) is 12.3. The average Bonchev–Trinajstić information content (AvgIpc) is 3.05. The van der Waals surface area contributed by atoms with Gasteiger partial charge in [0.2, 0.25) is 0 Å². The summed E-state index contributed by atoms with van der Waals surface area (Å²) >= 11 is 0.936. The third kappa shape index (κ3) is 3.42. The number of aliphatic hydroxyl groups excluding tert-OH is 1. The molecule has 6 nitrogen and oxygen atoms in total. The highest BCUT2D eigenvalue weighted by Gasteiger charge is 2.68. The van der Waals surface area contributed by atoms with Gasteiger partial charge >= 0.3 is 5.97 Å². The largest absolute Gasteiger partial charge is 0.461 e. The zero-order valence-electron chi connectivity index (χ0n) is 18.6. The van der Waals surface area contributed by atoms with Crippen LogP contribution in [0.15, 0.2) is 12.7 Å². The third-order valence-corrected chi connectivity index (χ3v) is 9.61. The summed E-state index contributed by atoms with van der Waals surface area (Å²) in [7, 11) is 0. The van der Waals surface area contributed by atoms with Crippen molar-refractivity contribution >= 4 is 28.7 Å². The van der Waals surface area contributed by atoms with Crippen molar-refractivity contribution < 1.29 is 19.4 Å². The van der Waals surface area contributed by atoms with Gasteiger partial charge in [0.1, 0.15) is 11.9 Å². The molecule has 168 valence electrons. The summed E-state index contributed by atoms with van der Waals surface area (Å²) in [4.78, 5) is 25.9. The molecule has 3 rings (SSSR count). The molecule has 0 aromatic heterocycles. The second-order valence-corrected chi connectivity index (χ2v) is 11.2. The summed E-state index contributed by atoms with van der Waals surface area (Å²) in [5, 5.41) is 18.7. The Morgan fingerprint density at radius 2 is 2.07 bits per heavy atom. The summed E-state index contributed by atoms with van der Waals surface area (Å²) < 4.78 is 6.05. The summed E-state index contributed by atoms with van der Waals surface area (Å²) in [6.07, 6.45) is 4.17. The number of thioether (sulfide) groups is 1. The Balaban J connectivity index is 2.10. The van der Waals surface area contributed by atoms with E-state index in [0.717, 1.165) is 31.0 Å². The fourth-order valence-corrected chi connectivity index (χ4v) is 7.17. The van der Waals surface area contributed by atoms with Crippen molar-refractivity contribution in [2.24, 2.45) is 39.7 Å². The van der Waals surface area contributed by atoms with Crippen LogP contribution in [-0.4, -0.2) is 40.0 Å². The lowest BCUT2D eigenvalue weighted by Crippen LogP contribution is -2.63. The zero-order valence-corrected chi connectivity index (χ0v) is 19.4. The lowest BCUT2D eigenvalue weighted by atomic mass is 9.44. The molecule has 3 saturated carbocycles. The van der Waals surface area contributed by atoms with Crippen LogP contribution >= 0.6 is 11.8 Å². The summed E-state index contributed by atoms with van der Waals surface area (Å²) in [6, 6.07) is 0. The summed E-state index contributed by atoms with van der Waals surface area (Å²) in [5.74, 6) is -0.314. The van der Waals surface area contributed by atoms with Crippen LogP contribution in [0.2, 0.25) is 0 Å². The molecule has 0 aliphatic heterocycles. The summed E-state index contributed by atoms with van der Waals surface area (Å²) in [5.41, 5.74) is 3.95. The Morgan fingerprint density at radius 1 is 1.40 bits per heavy atom. The van der Waals surface area contributed by atoms with E-state index < -0.39 is 29.0 Å². The smallest absolute Gasteiger partial charge is 0.316 e. The van der Waals surface area contributed by atoms with Gasteiger partial charge in [-0.25, -0.2) is 0 Å². The number of hydrogen-bond acceptors (Lipinski definition) is 6. The molecule has 0 spiro atoms. The van der Waals surface area contributed by atoms with E-state index in [-0.39, 0.29) is 39.9 Å². The van der Waals surface area contributed by atoms with E-state index in [0.29, 0.717) is 12.8 Å². The second kappa shape index (κ2) is 7.97. The molecule has 0 amide bonds.